The Balaban J connectivity index is 2.18. The van der Waals surface area contributed by atoms with Crippen molar-refractivity contribution in [1.29, 1.82) is 0 Å². The fraction of sp³-hybridized carbons (Fsp3) is 0.143. The van der Waals surface area contributed by atoms with Crippen LogP contribution in [0.1, 0.15) is 5.56 Å². The minimum atomic E-state index is -0.468. The summed E-state index contributed by atoms with van der Waals surface area (Å²) in [6.45, 7) is 0.351. The van der Waals surface area contributed by atoms with E-state index in [1.807, 2.05) is 0 Å². The topological polar surface area (TPSA) is 41.5 Å². The van der Waals surface area contributed by atoms with Gasteiger partial charge in [-0.05, 0) is 30.3 Å². The van der Waals surface area contributed by atoms with Crippen molar-refractivity contribution in [3.05, 3.63) is 51.2 Å². The van der Waals surface area contributed by atoms with E-state index in [2.05, 4.69) is 21.2 Å². The Labute approximate surface area is 129 Å². The van der Waals surface area contributed by atoms with E-state index in [-0.39, 0.29) is 10.8 Å². The molecule has 106 valence electrons. The second-order valence-corrected chi connectivity index (χ2v) is 5.42. The lowest BCUT2D eigenvalue weighted by Crippen LogP contribution is -2.01. The summed E-state index contributed by atoms with van der Waals surface area (Å²) in [5.41, 5.74) is 1.31. The van der Waals surface area contributed by atoms with Crippen LogP contribution in [0.4, 0.5) is 10.1 Å². The molecule has 0 unspecified atom stereocenters. The van der Waals surface area contributed by atoms with E-state index in [1.165, 1.54) is 19.2 Å². The quantitative estimate of drug-likeness (QED) is 0.839. The van der Waals surface area contributed by atoms with Crippen LogP contribution in [0.15, 0.2) is 34.8 Å². The highest BCUT2D eigenvalue weighted by molar-refractivity contribution is 9.10. The number of phenols is 1. The number of hydrogen-bond donors (Lipinski definition) is 2. The van der Waals surface area contributed by atoms with Crippen LogP contribution in [0.2, 0.25) is 5.02 Å². The molecule has 0 saturated carbocycles. The molecular formula is C14H12BrClFNO2. The SMILES string of the molecule is COc1cc(Br)cc(CNc2ccc(F)c(Cl)c2)c1O. The number of rotatable bonds is 4. The van der Waals surface area contributed by atoms with Gasteiger partial charge in [0, 0.05) is 22.3 Å². The molecular weight excluding hydrogens is 349 g/mol. The van der Waals surface area contributed by atoms with E-state index < -0.39 is 5.82 Å². The number of aromatic hydroxyl groups is 1. The summed E-state index contributed by atoms with van der Waals surface area (Å²) in [4.78, 5) is 0. The summed E-state index contributed by atoms with van der Waals surface area (Å²) in [7, 11) is 1.48. The summed E-state index contributed by atoms with van der Waals surface area (Å²) >= 11 is 9.05. The number of phenolic OH excluding ortho intramolecular Hbond substituents is 1. The molecule has 20 heavy (non-hydrogen) atoms. The van der Waals surface area contributed by atoms with E-state index in [4.69, 9.17) is 16.3 Å². The molecule has 0 aliphatic rings. The fourth-order valence-electron chi connectivity index (χ4n) is 1.72. The number of nitrogens with one attached hydrogen (secondary N) is 1. The van der Waals surface area contributed by atoms with Crippen molar-refractivity contribution in [2.24, 2.45) is 0 Å². The van der Waals surface area contributed by atoms with Gasteiger partial charge in [-0.15, -0.1) is 0 Å². The number of ether oxygens (including phenoxy) is 1. The molecule has 0 fully saturated rings. The zero-order chi connectivity index (χ0) is 14.7. The minimum absolute atomic E-state index is 0.0473. The van der Waals surface area contributed by atoms with Gasteiger partial charge in [0.2, 0.25) is 0 Å². The van der Waals surface area contributed by atoms with Gasteiger partial charge in [0.15, 0.2) is 11.5 Å². The Morgan fingerprint density at radius 3 is 2.75 bits per heavy atom. The molecule has 0 heterocycles. The van der Waals surface area contributed by atoms with Crippen molar-refractivity contribution in [1.82, 2.24) is 0 Å². The zero-order valence-electron chi connectivity index (χ0n) is 10.6. The van der Waals surface area contributed by atoms with Gasteiger partial charge < -0.3 is 15.2 Å². The molecule has 2 N–H and O–H groups in total. The number of benzene rings is 2. The molecule has 6 heteroatoms. The maximum Gasteiger partial charge on any atom is 0.162 e. The molecule has 0 aliphatic heterocycles. The molecule has 0 saturated heterocycles. The molecule has 2 rings (SSSR count). The van der Waals surface area contributed by atoms with Crippen LogP contribution < -0.4 is 10.1 Å². The van der Waals surface area contributed by atoms with E-state index in [1.54, 1.807) is 18.2 Å². The Morgan fingerprint density at radius 1 is 1.35 bits per heavy atom. The van der Waals surface area contributed by atoms with E-state index in [0.717, 1.165) is 4.47 Å². The number of anilines is 1. The van der Waals surface area contributed by atoms with Gasteiger partial charge in [-0.3, -0.25) is 0 Å². The first-order chi connectivity index (χ1) is 9.51. The predicted octanol–water partition coefficient (Wildman–Crippen LogP) is 4.57. The Kier molecular flexibility index (Phi) is 4.73. The summed E-state index contributed by atoms with van der Waals surface area (Å²) in [6.07, 6.45) is 0. The molecule has 0 aromatic heterocycles. The predicted molar refractivity (Wildman–Crippen MR) is 81.1 cm³/mol. The van der Waals surface area contributed by atoms with E-state index >= 15 is 0 Å². The van der Waals surface area contributed by atoms with Crippen molar-refractivity contribution in [3.63, 3.8) is 0 Å². The van der Waals surface area contributed by atoms with Gasteiger partial charge in [-0.1, -0.05) is 27.5 Å². The lowest BCUT2D eigenvalue weighted by atomic mass is 10.2. The maximum atomic E-state index is 13.1. The average molecular weight is 361 g/mol. The van der Waals surface area contributed by atoms with Crippen LogP contribution in [0, 0.1) is 5.82 Å². The zero-order valence-corrected chi connectivity index (χ0v) is 12.9. The molecule has 0 atom stereocenters. The Morgan fingerprint density at radius 2 is 2.10 bits per heavy atom. The summed E-state index contributed by atoms with van der Waals surface area (Å²) in [5, 5.41) is 13.1. The fourth-order valence-corrected chi connectivity index (χ4v) is 2.39. The third-order valence-corrected chi connectivity index (χ3v) is 3.49. The van der Waals surface area contributed by atoms with Crippen LogP contribution in [0.5, 0.6) is 11.5 Å². The smallest absolute Gasteiger partial charge is 0.162 e. The molecule has 0 amide bonds. The number of methoxy groups -OCH3 is 1. The monoisotopic (exact) mass is 359 g/mol. The molecule has 3 nitrogen and oxygen atoms in total. The molecule has 2 aromatic rings. The van der Waals surface area contributed by atoms with Crippen molar-refractivity contribution in [2.75, 3.05) is 12.4 Å². The van der Waals surface area contributed by atoms with Crippen molar-refractivity contribution in [2.45, 2.75) is 6.54 Å². The molecule has 0 spiro atoms. The first-order valence-electron chi connectivity index (χ1n) is 5.75. The highest BCUT2D eigenvalue weighted by atomic mass is 79.9. The highest BCUT2D eigenvalue weighted by Crippen LogP contribution is 2.34. The van der Waals surface area contributed by atoms with Crippen LogP contribution in [0.3, 0.4) is 0 Å². The number of halogens is 3. The Bertz CT molecular complexity index is 637. The van der Waals surface area contributed by atoms with Gasteiger partial charge >= 0.3 is 0 Å². The highest BCUT2D eigenvalue weighted by Gasteiger charge is 2.10. The standard InChI is InChI=1S/C14H12BrClFNO2/c1-20-13-5-9(15)4-8(14(13)19)7-18-10-2-3-12(17)11(16)6-10/h2-6,18-19H,7H2,1H3. The molecule has 0 radical (unpaired) electrons. The van der Waals surface area contributed by atoms with E-state index in [0.29, 0.717) is 23.5 Å². The van der Waals surface area contributed by atoms with Crippen LogP contribution in [0.25, 0.3) is 0 Å². The lowest BCUT2D eigenvalue weighted by molar-refractivity contribution is 0.370. The van der Waals surface area contributed by atoms with Gasteiger partial charge in [0.05, 0.1) is 12.1 Å². The summed E-state index contributed by atoms with van der Waals surface area (Å²) in [5.74, 6) is -0.0195. The minimum Gasteiger partial charge on any atom is -0.504 e. The first kappa shape index (κ1) is 14.9. The van der Waals surface area contributed by atoms with Crippen LogP contribution in [-0.4, -0.2) is 12.2 Å². The third-order valence-electron chi connectivity index (χ3n) is 2.74. The second kappa shape index (κ2) is 6.33. The van der Waals surface area contributed by atoms with Gasteiger partial charge in [0.1, 0.15) is 5.82 Å². The first-order valence-corrected chi connectivity index (χ1v) is 6.92. The molecule has 2 aromatic carbocycles. The summed E-state index contributed by atoms with van der Waals surface area (Å²) < 4.78 is 18.9. The van der Waals surface area contributed by atoms with E-state index in [9.17, 15) is 9.50 Å². The Hall–Kier alpha value is -1.46. The van der Waals surface area contributed by atoms with Crippen LogP contribution >= 0.6 is 27.5 Å². The third kappa shape index (κ3) is 3.35. The average Bonchev–Trinajstić information content (AvgIpc) is 2.43. The molecule has 0 aliphatic carbocycles. The van der Waals surface area contributed by atoms with Crippen molar-refractivity contribution in [3.8, 4) is 11.5 Å². The lowest BCUT2D eigenvalue weighted by Gasteiger charge is -2.12. The van der Waals surface area contributed by atoms with Crippen molar-refractivity contribution < 1.29 is 14.2 Å². The van der Waals surface area contributed by atoms with Gasteiger partial charge in [-0.2, -0.15) is 0 Å². The maximum absolute atomic E-state index is 13.1. The van der Waals surface area contributed by atoms with Crippen molar-refractivity contribution >= 4 is 33.2 Å². The second-order valence-electron chi connectivity index (χ2n) is 4.10. The summed E-state index contributed by atoms with van der Waals surface area (Å²) in [6, 6.07) is 7.80. The molecule has 0 bridgehead atoms. The van der Waals surface area contributed by atoms with Crippen LogP contribution in [-0.2, 0) is 6.54 Å². The van der Waals surface area contributed by atoms with Gasteiger partial charge in [0.25, 0.3) is 0 Å². The van der Waals surface area contributed by atoms with Gasteiger partial charge in [-0.25, -0.2) is 4.39 Å². The number of hydrogen-bond acceptors (Lipinski definition) is 3. The normalized spacial score (nSPS) is 10.4. The largest absolute Gasteiger partial charge is 0.504 e.